The van der Waals surface area contributed by atoms with Gasteiger partial charge in [0.15, 0.2) is 0 Å². The molecular weight excluding hydrogens is 959 g/mol. The molecule has 0 aliphatic rings. The summed E-state index contributed by atoms with van der Waals surface area (Å²) in [5, 5.41) is 23.2. The number of amides is 1. The molecule has 6 heteroatoms. The van der Waals surface area contributed by atoms with Gasteiger partial charge in [0.1, 0.15) is 0 Å². The third-order valence-electron chi connectivity index (χ3n) is 17.1. The smallest absolute Gasteiger partial charge is 0.305 e. The molecule has 3 N–H and O–H groups in total. The summed E-state index contributed by atoms with van der Waals surface area (Å²) in [5.41, 5.74) is 0. The number of carbonyl (C=O) groups excluding carboxylic acids is 2. The minimum Gasteiger partial charge on any atom is -0.466 e. The third-order valence-corrected chi connectivity index (χ3v) is 17.1. The number of allylic oxidation sites excluding steroid dienone is 1. The van der Waals surface area contributed by atoms with E-state index in [9.17, 15) is 19.8 Å². The lowest BCUT2D eigenvalue weighted by Crippen LogP contribution is -2.45. The van der Waals surface area contributed by atoms with Gasteiger partial charge in [-0.25, -0.2) is 0 Å². The number of rotatable bonds is 68. The van der Waals surface area contributed by atoms with Gasteiger partial charge in [-0.3, -0.25) is 9.59 Å². The second-order valence-electron chi connectivity index (χ2n) is 24.9. The monoisotopic (exact) mass is 1100 g/mol. The Kier molecular flexibility index (Phi) is 66.9. The average molecular weight is 1100 g/mol. The maximum absolute atomic E-state index is 12.5. The van der Waals surface area contributed by atoms with Gasteiger partial charge in [0, 0.05) is 12.8 Å². The zero-order valence-electron chi connectivity index (χ0n) is 53.2. The van der Waals surface area contributed by atoms with Crippen molar-refractivity contribution in [2.75, 3.05) is 13.2 Å². The van der Waals surface area contributed by atoms with Gasteiger partial charge < -0.3 is 20.3 Å². The Morgan fingerprint density at radius 2 is 0.590 bits per heavy atom. The van der Waals surface area contributed by atoms with Crippen molar-refractivity contribution in [2.24, 2.45) is 0 Å². The molecule has 0 aliphatic heterocycles. The quantitative estimate of drug-likeness (QED) is 0.0320. The SMILES string of the molecule is CCCCCCCCCCCCCCCCC/C=C/C(O)C(CO)NC(=O)CCCCCCCCCCCCCCCCCCCCCCCCCCCCCOC(=O)CCCCCCCCCCCCCCCCCCC. The Balaban J connectivity index is 3.34. The number of nitrogens with one attached hydrogen (secondary N) is 1. The zero-order chi connectivity index (χ0) is 56.4. The van der Waals surface area contributed by atoms with E-state index in [4.69, 9.17) is 4.74 Å². The van der Waals surface area contributed by atoms with Crippen LogP contribution in [0.5, 0.6) is 0 Å². The summed E-state index contributed by atoms with van der Waals surface area (Å²) < 4.78 is 5.51. The van der Waals surface area contributed by atoms with Crippen LogP contribution in [-0.2, 0) is 14.3 Å². The molecule has 0 spiro atoms. The summed E-state index contributed by atoms with van der Waals surface area (Å²) in [6.07, 6.45) is 84.4. The lowest BCUT2D eigenvalue weighted by atomic mass is 10.0. The van der Waals surface area contributed by atoms with Crippen LogP contribution in [0.4, 0.5) is 0 Å². The van der Waals surface area contributed by atoms with E-state index < -0.39 is 12.1 Å². The number of carbonyl (C=O) groups is 2. The topological polar surface area (TPSA) is 95.9 Å². The molecule has 0 rings (SSSR count). The molecule has 0 bridgehead atoms. The third kappa shape index (κ3) is 63.8. The van der Waals surface area contributed by atoms with Gasteiger partial charge in [-0.05, 0) is 32.1 Å². The fourth-order valence-electron chi connectivity index (χ4n) is 11.6. The van der Waals surface area contributed by atoms with Crippen LogP contribution >= 0.6 is 0 Å². The summed E-state index contributed by atoms with van der Waals surface area (Å²) in [6, 6.07) is -0.625. The first-order valence-corrected chi connectivity index (χ1v) is 36.0. The number of esters is 1. The highest BCUT2D eigenvalue weighted by Crippen LogP contribution is 2.19. The highest BCUT2D eigenvalue weighted by Gasteiger charge is 2.18. The molecular formula is C72H141NO5. The van der Waals surface area contributed by atoms with Gasteiger partial charge in [-0.15, -0.1) is 0 Å². The summed E-state index contributed by atoms with van der Waals surface area (Å²) in [5.74, 6) is -0.0388. The fraction of sp³-hybridized carbons (Fsp3) is 0.944. The van der Waals surface area contributed by atoms with Gasteiger partial charge in [0.25, 0.3) is 0 Å². The zero-order valence-corrected chi connectivity index (χ0v) is 53.2. The van der Waals surface area contributed by atoms with Crippen LogP contribution in [-0.4, -0.2) is 47.4 Å². The van der Waals surface area contributed by atoms with E-state index in [1.54, 1.807) is 6.08 Å². The molecule has 0 aromatic carbocycles. The van der Waals surface area contributed by atoms with Gasteiger partial charge >= 0.3 is 5.97 Å². The summed E-state index contributed by atoms with van der Waals surface area (Å²) in [7, 11) is 0. The van der Waals surface area contributed by atoms with Crippen LogP contribution in [0.25, 0.3) is 0 Å². The van der Waals surface area contributed by atoms with Crippen LogP contribution in [0.3, 0.4) is 0 Å². The average Bonchev–Trinajstić information content (AvgIpc) is 3.44. The summed E-state index contributed by atoms with van der Waals surface area (Å²) in [4.78, 5) is 24.6. The fourth-order valence-corrected chi connectivity index (χ4v) is 11.6. The van der Waals surface area contributed by atoms with Crippen molar-refractivity contribution in [1.82, 2.24) is 5.32 Å². The highest BCUT2D eigenvalue weighted by atomic mass is 16.5. The molecule has 2 atom stereocenters. The first kappa shape index (κ1) is 76.6. The molecule has 6 nitrogen and oxygen atoms in total. The lowest BCUT2D eigenvalue weighted by molar-refractivity contribution is -0.143. The number of aliphatic hydroxyl groups excluding tert-OH is 2. The highest BCUT2D eigenvalue weighted by molar-refractivity contribution is 5.76. The first-order valence-electron chi connectivity index (χ1n) is 36.0. The van der Waals surface area contributed by atoms with Crippen molar-refractivity contribution < 1.29 is 24.5 Å². The standard InChI is InChI=1S/C72H141NO5/c1-3-5-7-9-11-13-15-17-19-32-36-40-44-48-52-56-60-64-70(75)69(68-74)73-71(76)65-61-57-53-49-45-41-37-34-30-28-26-24-22-21-23-25-27-29-31-35-39-43-47-51-55-59-63-67-78-72(77)66-62-58-54-50-46-42-38-33-20-18-16-14-12-10-8-6-4-2/h60,64,69-70,74-75H,3-59,61-63,65-68H2,1-2H3,(H,73,76)/b64-60+. The van der Waals surface area contributed by atoms with E-state index in [1.165, 1.54) is 347 Å². The molecule has 464 valence electrons. The van der Waals surface area contributed by atoms with E-state index in [1.807, 2.05) is 6.08 Å². The predicted octanol–water partition coefficient (Wildman–Crippen LogP) is 23.1. The molecule has 0 aromatic rings. The molecule has 0 saturated carbocycles. The Labute approximate surface area is 489 Å². The minimum atomic E-state index is -0.842. The number of unbranched alkanes of at least 4 members (excludes halogenated alkanes) is 57. The largest absolute Gasteiger partial charge is 0.466 e. The van der Waals surface area contributed by atoms with Crippen molar-refractivity contribution >= 4 is 11.9 Å². The van der Waals surface area contributed by atoms with Gasteiger partial charge in [0.05, 0.1) is 25.4 Å². The van der Waals surface area contributed by atoms with Crippen LogP contribution < -0.4 is 5.32 Å². The van der Waals surface area contributed by atoms with Crippen LogP contribution in [0.15, 0.2) is 12.2 Å². The van der Waals surface area contributed by atoms with E-state index in [0.717, 1.165) is 38.5 Å². The minimum absolute atomic E-state index is 0.0227. The maximum Gasteiger partial charge on any atom is 0.305 e. The number of ether oxygens (including phenoxy) is 1. The maximum atomic E-state index is 12.5. The van der Waals surface area contributed by atoms with Crippen LogP contribution in [0.1, 0.15) is 412 Å². The van der Waals surface area contributed by atoms with Crippen molar-refractivity contribution in [1.29, 1.82) is 0 Å². The Morgan fingerprint density at radius 3 is 0.872 bits per heavy atom. The molecule has 0 heterocycles. The Hall–Kier alpha value is -1.40. The lowest BCUT2D eigenvalue weighted by Gasteiger charge is -2.20. The van der Waals surface area contributed by atoms with Gasteiger partial charge in [0.2, 0.25) is 5.91 Å². The van der Waals surface area contributed by atoms with Crippen LogP contribution in [0.2, 0.25) is 0 Å². The molecule has 0 radical (unpaired) electrons. The second-order valence-corrected chi connectivity index (χ2v) is 24.9. The van der Waals surface area contributed by atoms with E-state index in [0.29, 0.717) is 19.4 Å². The predicted molar refractivity (Wildman–Crippen MR) is 343 cm³/mol. The van der Waals surface area contributed by atoms with Crippen LogP contribution in [0, 0.1) is 0 Å². The summed E-state index contributed by atoms with van der Waals surface area (Å²) in [6.45, 7) is 4.95. The number of aliphatic hydroxyl groups is 2. The number of hydrogen-bond donors (Lipinski definition) is 3. The molecule has 78 heavy (non-hydrogen) atoms. The molecule has 0 saturated heterocycles. The van der Waals surface area contributed by atoms with E-state index >= 15 is 0 Å². The van der Waals surface area contributed by atoms with Crippen molar-refractivity contribution in [2.45, 2.75) is 424 Å². The first-order chi connectivity index (χ1) is 38.5. The Bertz CT molecular complexity index is 1180. The number of hydrogen-bond acceptors (Lipinski definition) is 5. The molecule has 1 amide bonds. The second kappa shape index (κ2) is 68.1. The van der Waals surface area contributed by atoms with Gasteiger partial charge in [-0.1, -0.05) is 379 Å². The molecule has 0 fully saturated rings. The molecule has 0 aliphatic carbocycles. The normalized spacial score (nSPS) is 12.5. The van der Waals surface area contributed by atoms with Crippen molar-refractivity contribution in [3.63, 3.8) is 0 Å². The van der Waals surface area contributed by atoms with Crippen molar-refractivity contribution in [3.8, 4) is 0 Å². The Morgan fingerprint density at radius 1 is 0.346 bits per heavy atom. The van der Waals surface area contributed by atoms with Crippen molar-refractivity contribution in [3.05, 3.63) is 12.2 Å². The molecule has 2 unspecified atom stereocenters. The van der Waals surface area contributed by atoms with E-state index in [-0.39, 0.29) is 18.5 Å². The summed E-state index contributed by atoms with van der Waals surface area (Å²) >= 11 is 0. The van der Waals surface area contributed by atoms with E-state index in [2.05, 4.69) is 19.2 Å². The molecule has 0 aromatic heterocycles. The van der Waals surface area contributed by atoms with Gasteiger partial charge in [-0.2, -0.15) is 0 Å².